The Labute approximate surface area is 113 Å². The van der Waals surface area contributed by atoms with E-state index >= 15 is 0 Å². The fourth-order valence-corrected chi connectivity index (χ4v) is 5.38. The molecule has 0 bridgehead atoms. The van der Waals surface area contributed by atoms with Crippen molar-refractivity contribution in [2.75, 3.05) is 0 Å². The van der Waals surface area contributed by atoms with Crippen molar-refractivity contribution in [1.82, 2.24) is 0 Å². The molecule has 2 heteroatoms. The Morgan fingerprint density at radius 1 is 0.889 bits per heavy atom. The van der Waals surface area contributed by atoms with Crippen molar-refractivity contribution < 1.29 is 0 Å². The Kier molecular flexibility index (Phi) is 3.28. The maximum Gasteiger partial charge on any atom is 0.0784 e. The fraction of sp³-hybridized carbons (Fsp3) is 0.375. The normalized spacial score (nSPS) is 17.9. The molecule has 0 nitrogen and oxygen atoms in total. The summed E-state index contributed by atoms with van der Waals surface area (Å²) in [6.07, 6.45) is 2.44. The van der Waals surface area contributed by atoms with Crippen LogP contribution in [-0.2, 0) is 0 Å². The van der Waals surface area contributed by atoms with Gasteiger partial charge in [-0.1, -0.05) is 80.5 Å². The molecular formula is C16H24Si2. The summed E-state index contributed by atoms with van der Waals surface area (Å²) in [4.78, 5) is 0. The molecule has 0 aromatic heterocycles. The summed E-state index contributed by atoms with van der Waals surface area (Å²) in [7, 11) is -2.46. The summed E-state index contributed by atoms with van der Waals surface area (Å²) in [5.74, 6) is 0. The third-order valence-electron chi connectivity index (χ3n) is 3.23. The van der Waals surface area contributed by atoms with E-state index in [4.69, 9.17) is 0 Å². The molecule has 18 heavy (non-hydrogen) atoms. The van der Waals surface area contributed by atoms with Crippen molar-refractivity contribution in [3.63, 3.8) is 0 Å². The van der Waals surface area contributed by atoms with Crippen molar-refractivity contribution in [3.8, 4) is 0 Å². The Morgan fingerprint density at radius 3 is 2.06 bits per heavy atom. The summed E-state index contributed by atoms with van der Waals surface area (Å²) in [5.41, 5.74) is 7.00. The van der Waals surface area contributed by atoms with Crippen molar-refractivity contribution in [2.24, 2.45) is 0 Å². The third kappa shape index (κ3) is 2.75. The van der Waals surface area contributed by atoms with Gasteiger partial charge in [-0.3, -0.25) is 0 Å². The molecule has 0 saturated carbocycles. The monoisotopic (exact) mass is 272 g/mol. The van der Waals surface area contributed by atoms with Crippen LogP contribution in [0.4, 0.5) is 0 Å². The smallest absolute Gasteiger partial charge is 0.0784 e. The van der Waals surface area contributed by atoms with Crippen molar-refractivity contribution in [3.05, 3.63) is 46.3 Å². The summed E-state index contributed by atoms with van der Waals surface area (Å²) in [6, 6.07) is 8.85. The van der Waals surface area contributed by atoms with Gasteiger partial charge in [-0.05, 0) is 16.7 Å². The molecule has 1 aliphatic rings. The second-order valence-corrected chi connectivity index (χ2v) is 17.4. The van der Waals surface area contributed by atoms with Gasteiger partial charge in [-0.2, -0.15) is 0 Å². The largest absolute Gasteiger partial charge is 0.0874 e. The highest BCUT2D eigenvalue weighted by molar-refractivity contribution is 6.88. The average Bonchev–Trinajstić information content (AvgIpc) is 2.55. The lowest BCUT2D eigenvalue weighted by molar-refractivity contribution is 1.60. The van der Waals surface area contributed by atoms with Crippen LogP contribution < -0.4 is 0 Å². The molecule has 0 heterocycles. The van der Waals surface area contributed by atoms with Gasteiger partial charge < -0.3 is 0 Å². The number of benzene rings is 1. The Balaban J connectivity index is 2.61. The van der Waals surface area contributed by atoms with Gasteiger partial charge in [0.25, 0.3) is 0 Å². The summed E-state index contributed by atoms with van der Waals surface area (Å²) < 4.78 is 0. The van der Waals surface area contributed by atoms with Crippen LogP contribution in [0.5, 0.6) is 0 Å². The molecular weight excluding hydrogens is 248 g/mol. The van der Waals surface area contributed by atoms with E-state index in [2.05, 4.69) is 75.3 Å². The van der Waals surface area contributed by atoms with Gasteiger partial charge >= 0.3 is 0 Å². The zero-order valence-corrected chi connectivity index (χ0v) is 14.5. The lowest BCUT2D eigenvalue weighted by Gasteiger charge is -2.23. The molecule has 0 amide bonds. The van der Waals surface area contributed by atoms with Crippen LogP contribution in [0.15, 0.2) is 35.2 Å². The van der Waals surface area contributed by atoms with Gasteiger partial charge in [0.15, 0.2) is 0 Å². The molecule has 2 rings (SSSR count). The second-order valence-electron chi connectivity index (χ2n) is 7.32. The first kappa shape index (κ1) is 13.6. The second kappa shape index (κ2) is 4.35. The van der Waals surface area contributed by atoms with Crippen molar-refractivity contribution >= 4 is 27.8 Å². The van der Waals surface area contributed by atoms with Crippen LogP contribution in [0.1, 0.15) is 11.1 Å². The molecule has 0 fully saturated rings. The maximum atomic E-state index is 2.59. The van der Waals surface area contributed by atoms with Gasteiger partial charge in [-0.15, -0.1) is 0 Å². The van der Waals surface area contributed by atoms with Gasteiger partial charge in [0.05, 0.1) is 16.1 Å². The van der Waals surface area contributed by atoms with E-state index in [1.165, 1.54) is 11.1 Å². The van der Waals surface area contributed by atoms with E-state index in [1.54, 1.807) is 10.8 Å². The molecule has 1 aliphatic carbocycles. The molecule has 0 radical (unpaired) electrons. The van der Waals surface area contributed by atoms with Crippen LogP contribution in [0.2, 0.25) is 39.3 Å². The molecule has 0 saturated heterocycles. The van der Waals surface area contributed by atoms with Crippen LogP contribution >= 0.6 is 0 Å². The molecule has 1 aromatic rings. The first-order valence-electron chi connectivity index (χ1n) is 6.73. The Hall–Kier alpha value is -0.866. The minimum atomic E-state index is -1.27. The molecule has 0 atom stereocenters. The van der Waals surface area contributed by atoms with Crippen LogP contribution in [-0.4, -0.2) is 16.1 Å². The maximum absolute atomic E-state index is 2.59. The lowest BCUT2D eigenvalue weighted by atomic mass is 10.1. The lowest BCUT2D eigenvalue weighted by Crippen LogP contribution is -2.25. The topological polar surface area (TPSA) is 0 Å². The Morgan fingerprint density at radius 2 is 1.50 bits per heavy atom. The predicted octanol–water partition coefficient (Wildman–Crippen LogP) is 5.22. The summed E-state index contributed by atoms with van der Waals surface area (Å²) in [5, 5.41) is 1.63. The zero-order valence-electron chi connectivity index (χ0n) is 12.5. The number of fused-ring (bicyclic) bond motifs is 1. The van der Waals surface area contributed by atoms with Crippen LogP contribution in [0.25, 0.3) is 11.6 Å². The number of allylic oxidation sites excluding steroid dienone is 2. The SMILES string of the molecule is C[Si](C)(C)/C=C1/C([Si](C)(C)C)=Cc2ccccc21. The van der Waals surface area contributed by atoms with E-state index in [0.717, 1.165) is 0 Å². The third-order valence-corrected chi connectivity index (χ3v) is 6.41. The summed E-state index contributed by atoms with van der Waals surface area (Å²) >= 11 is 0. The molecule has 0 aliphatic heterocycles. The van der Waals surface area contributed by atoms with E-state index in [9.17, 15) is 0 Å². The number of hydrogen-bond acceptors (Lipinski definition) is 0. The van der Waals surface area contributed by atoms with E-state index in [-0.39, 0.29) is 0 Å². The average molecular weight is 273 g/mol. The van der Waals surface area contributed by atoms with Gasteiger partial charge in [0, 0.05) is 0 Å². The highest BCUT2D eigenvalue weighted by Gasteiger charge is 2.29. The molecule has 0 N–H and O–H groups in total. The van der Waals surface area contributed by atoms with Crippen molar-refractivity contribution in [2.45, 2.75) is 39.3 Å². The minimum Gasteiger partial charge on any atom is -0.0874 e. The van der Waals surface area contributed by atoms with Crippen LogP contribution in [0.3, 0.4) is 0 Å². The quantitative estimate of drug-likeness (QED) is 0.647. The first-order chi connectivity index (χ1) is 8.18. The standard InChI is InChI=1S/C16H24Si2/c1-17(2,3)12-15-14-10-8-7-9-13(14)11-16(15)18(4,5)6/h7-12H,1-6H3/b15-12+. The Bertz CT molecular complexity index is 523. The highest BCUT2D eigenvalue weighted by atomic mass is 28.3. The minimum absolute atomic E-state index is 1.19. The van der Waals surface area contributed by atoms with Gasteiger partial charge in [0.2, 0.25) is 0 Å². The molecule has 1 aromatic carbocycles. The summed E-state index contributed by atoms with van der Waals surface area (Å²) in [6.45, 7) is 14.6. The zero-order chi connectivity index (χ0) is 13.6. The highest BCUT2D eigenvalue weighted by Crippen LogP contribution is 2.40. The molecule has 0 spiro atoms. The predicted molar refractivity (Wildman–Crippen MR) is 89.1 cm³/mol. The van der Waals surface area contributed by atoms with E-state index < -0.39 is 16.1 Å². The van der Waals surface area contributed by atoms with Crippen molar-refractivity contribution in [1.29, 1.82) is 0 Å². The van der Waals surface area contributed by atoms with Gasteiger partial charge in [-0.25, -0.2) is 0 Å². The first-order valence-corrected chi connectivity index (χ1v) is 13.8. The fourth-order valence-electron chi connectivity index (χ4n) is 2.46. The van der Waals surface area contributed by atoms with E-state index in [1.807, 2.05) is 0 Å². The van der Waals surface area contributed by atoms with Crippen LogP contribution in [0, 0.1) is 0 Å². The number of hydrogen-bond donors (Lipinski definition) is 0. The van der Waals surface area contributed by atoms with E-state index in [0.29, 0.717) is 0 Å². The molecule has 96 valence electrons. The molecule has 0 unspecified atom stereocenters. The van der Waals surface area contributed by atoms with Gasteiger partial charge in [0.1, 0.15) is 0 Å². The number of rotatable bonds is 2.